The van der Waals surface area contributed by atoms with Crippen molar-refractivity contribution in [2.45, 2.75) is 44.4 Å². The molecule has 206 valence electrons. The van der Waals surface area contributed by atoms with E-state index in [0.717, 1.165) is 12.1 Å². The molecule has 0 saturated carbocycles. The summed E-state index contributed by atoms with van der Waals surface area (Å²) in [6.45, 7) is 2.72. The molecule has 13 heteroatoms. The molecule has 0 bridgehead atoms. The molecule has 3 heterocycles. The van der Waals surface area contributed by atoms with Gasteiger partial charge in [-0.15, -0.1) is 0 Å². The quantitative estimate of drug-likeness (QED) is 0.304. The van der Waals surface area contributed by atoms with Gasteiger partial charge in [-0.1, -0.05) is 13.0 Å². The van der Waals surface area contributed by atoms with Gasteiger partial charge in [0.15, 0.2) is 5.75 Å². The molecule has 5 rings (SSSR count). The van der Waals surface area contributed by atoms with Gasteiger partial charge < -0.3 is 30.0 Å². The second-order valence-electron chi connectivity index (χ2n) is 9.57. The molecular weight excluding hydrogens is 521 g/mol. The van der Waals surface area contributed by atoms with Crippen molar-refractivity contribution in [3.63, 3.8) is 0 Å². The highest BCUT2D eigenvalue weighted by Crippen LogP contribution is 2.36. The van der Waals surface area contributed by atoms with E-state index in [9.17, 15) is 37.5 Å². The summed E-state index contributed by atoms with van der Waals surface area (Å²) in [4.78, 5) is 53.1. The molecule has 39 heavy (non-hydrogen) atoms. The number of aromatic hydroxyl groups is 1. The molecule has 2 aromatic carbocycles. The van der Waals surface area contributed by atoms with Crippen LogP contribution in [0.2, 0.25) is 0 Å². The fourth-order valence-electron chi connectivity index (χ4n) is 5.06. The maximum absolute atomic E-state index is 13.2. The topological polar surface area (TPSA) is 132 Å². The van der Waals surface area contributed by atoms with E-state index in [1.165, 1.54) is 18.2 Å². The summed E-state index contributed by atoms with van der Waals surface area (Å²) in [7, 11) is 0. The van der Waals surface area contributed by atoms with E-state index in [2.05, 4.69) is 10.6 Å². The molecule has 1 unspecified atom stereocenters. The van der Waals surface area contributed by atoms with E-state index in [4.69, 9.17) is 4.42 Å². The largest absolute Gasteiger partial charge is 0.505 e. The summed E-state index contributed by atoms with van der Waals surface area (Å²) >= 11 is 0. The zero-order valence-electron chi connectivity index (χ0n) is 20.8. The summed E-state index contributed by atoms with van der Waals surface area (Å²) in [6, 6.07) is 5.37. The Hall–Kier alpha value is -4.29. The smallest absolute Gasteiger partial charge is 0.449 e. The Morgan fingerprint density at radius 2 is 1.87 bits per heavy atom. The van der Waals surface area contributed by atoms with Gasteiger partial charge in [0.05, 0.1) is 17.3 Å². The molecule has 2 aliphatic rings. The third-order valence-corrected chi connectivity index (χ3v) is 7.19. The third-order valence-electron chi connectivity index (χ3n) is 7.19. The lowest BCUT2D eigenvalue weighted by molar-refractivity contribution is -0.153. The zero-order valence-corrected chi connectivity index (χ0v) is 20.8. The highest BCUT2D eigenvalue weighted by Gasteiger charge is 2.38. The number of carbonyl (C=O) groups excluding carboxylic acids is 2. The lowest BCUT2D eigenvalue weighted by Gasteiger charge is -2.37. The highest BCUT2D eigenvalue weighted by molar-refractivity contribution is 5.99. The number of anilines is 3. The van der Waals surface area contributed by atoms with Crippen LogP contribution in [0.25, 0.3) is 0 Å². The molecule has 0 aliphatic carbocycles. The molecular formula is C26H25F3N4O6. The van der Waals surface area contributed by atoms with E-state index >= 15 is 0 Å². The standard InChI is InChI=1S/C26H25F3N4O6/c1-2-15(17-7-8-18(39-17)26(27,28)29)30-20-21(24(37)23(20)36)31-16-5-3-4-14(22(16)35)25(38)32-10-11-33-13(12-32)6-9-19(33)34/h3-5,7-8,13,15,30-31,35H,2,6,9-12H2,1H3/t13?,15-/m1/s1. The molecule has 2 atom stereocenters. The van der Waals surface area contributed by atoms with Crippen LogP contribution in [0.1, 0.15) is 54.1 Å². The van der Waals surface area contributed by atoms with Gasteiger partial charge in [0.1, 0.15) is 17.1 Å². The van der Waals surface area contributed by atoms with Crippen LogP contribution in [0.4, 0.5) is 30.2 Å². The second kappa shape index (κ2) is 9.79. The van der Waals surface area contributed by atoms with Crippen molar-refractivity contribution >= 4 is 28.9 Å². The highest BCUT2D eigenvalue weighted by atomic mass is 19.4. The molecule has 0 radical (unpaired) electrons. The minimum absolute atomic E-state index is 0.00363. The number of fused-ring (bicyclic) bond motifs is 1. The Balaban J connectivity index is 1.34. The van der Waals surface area contributed by atoms with Crippen molar-refractivity contribution in [2.24, 2.45) is 0 Å². The Kier molecular flexibility index (Phi) is 6.60. The summed E-state index contributed by atoms with van der Waals surface area (Å²) in [5, 5.41) is 16.3. The monoisotopic (exact) mass is 546 g/mol. The van der Waals surface area contributed by atoms with Crippen LogP contribution < -0.4 is 21.5 Å². The first-order valence-corrected chi connectivity index (χ1v) is 12.4. The average molecular weight is 547 g/mol. The van der Waals surface area contributed by atoms with Crippen LogP contribution >= 0.6 is 0 Å². The maximum atomic E-state index is 13.2. The third kappa shape index (κ3) is 4.72. The van der Waals surface area contributed by atoms with E-state index in [1.807, 2.05) is 0 Å². The Bertz CT molecular complexity index is 1510. The van der Waals surface area contributed by atoms with Crippen molar-refractivity contribution in [2.75, 3.05) is 30.3 Å². The number of nitrogens with zero attached hydrogens (tertiary/aromatic N) is 2. The number of para-hydroxylation sites is 1. The molecule has 0 spiro atoms. The van der Waals surface area contributed by atoms with E-state index in [1.54, 1.807) is 16.7 Å². The summed E-state index contributed by atoms with van der Waals surface area (Å²) < 4.78 is 43.7. The molecule has 10 nitrogen and oxygen atoms in total. The predicted octanol–water partition coefficient (Wildman–Crippen LogP) is 3.35. The first-order valence-electron chi connectivity index (χ1n) is 12.4. The van der Waals surface area contributed by atoms with Gasteiger partial charge in [-0.3, -0.25) is 19.2 Å². The summed E-state index contributed by atoms with van der Waals surface area (Å²) in [5.41, 5.74) is -2.16. The van der Waals surface area contributed by atoms with Gasteiger partial charge in [0.2, 0.25) is 11.7 Å². The van der Waals surface area contributed by atoms with Crippen LogP contribution in [-0.4, -0.2) is 52.4 Å². The summed E-state index contributed by atoms with van der Waals surface area (Å²) in [5.74, 6) is -2.06. The normalized spacial score (nSPS) is 18.4. The Morgan fingerprint density at radius 1 is 1.13 bits per heavy atom. The molecule has 3 N–H and O–H groups in total. The van der Waals surface area contributed by atoms with Gasteiger partial charge in [0, 0.05) is 32.1 Å². The van der Waals surface area contributed by atoms with Crippen molar-refractivity contribution in [1.82, 2.24) is 9.80 Å². The number of halogens is 3. The van der Waals surface area contributed by atoms with Crippen LogP contribution in [-0.2, 0) is 11.0 Å². The van der Waals surface area contributed by atoms with Crippen LogP contribution in [0.3, 0.4) is 0 Å². The van der Waals surface area contributed by atoms with Crippen LogP contribution in [0.5, 0.6) is 5.75 Å². The number of piperazine rings is 1. The number of hydrogen-bond donors (Lipinski definition) is 3. The SMILES string of the molecule is CC[C@@H](Nc1c(Nc2cccc(C(=O)N3CCN4C(=O)CCC4C3)c2O)c(=O)c1=O)c1ccc(C(F)(F)F)o1. The minimum Gasteiger partial charge on any atom is -0.505 e. The number of phenolic OH excluding ortho intramolecular Hbond substituents is 1. The lowest BCUT2D eigenvalue weighted by atomic mass is 10.1. The number of benzene rings is 1. The number of hydrogen-bond acceptors (Lipinski definition) is 8. The molecule has 2 fully saturated rings. The summed E-state index contributed by atoms with van der Waals surface area (Å²) in [6.07, 6.45) is -3.34. The zero-order chi connectivity index (χ0) is 28.1. The fraction of sp³-hybridized carbons (Fsp3) is 0.385. The van der Waals surface area contributed by atoms with Gasteiger partial charge in [-0.05, 0) is 37.1 Å². The first kappa shape index (κ1) is 26.3. The van der Waals surface area contributed by atoms with Gasteiger partial charge in [0.25, 0.3) is 16.8 Å². The molecule has 2 amide bonds. The van der Waals surface area contributed by atoms with Crippen LogP contribution in [0, 0.1) is 0 Å². The van der Waals surface area contributed by atoms with Gasteiger partial charge >= 0.3 is 6.18 Å². The average Bonchev–Trinajstić information content (AvgIpc) is 3.56. The number of alkyl halides is 3. The van der Waals surface area contributed by atoms with Gasteiger partial charge in [-0.2, -0.15) is 13.2 Å². The second-order valence-corrected chi connectivity index (χ2v) is 9.57. The van der Waals surface area contributed by atoms with Crippen molar-refractivity contribution in [1.29, 1.82) is 0 Å². The van der Waals surface area contributed by atoms with Crippen molar-refractivity contribution in [3.8, 4) is 5.75 Å². The van der Waals surface area contributed by atoms with E-state index in [0.29, 0.717) is 32.5 Å². The number of carbonyl (C=O) groups is 2. The number of furan rings is 1. The number of phenols is 1. The fourth-order valence-corrected chi connectivity index (χ4v) is 5.06. The van der Waals surface area contributed by atoms with Crippen molar-refractivity contribution in [3.05, 3.63) is 67.9 Å². The van der Waals surface area contributed by atoms with E-state index in [-0.39, 0.29) is 46.8 Å². The van der Waals surface area contributed by atoms with Crippen molar-refractivity contribution < 1.29 is 32.3 Å². The maximum Gasteiger partial charge on any atom is 0.449 e. The minimum atomic E-state index is -4.67. The lowest BCUT2D eigenvalue weighted by Crippen LogP contribution is -2.53. The Labute approximate surface area is 219 Å². The molecule has 2 saturated heterocycles. The molecule has 1 aromatic heterocycles. The Morgan fingerprint density at radius 3 is 2.56 bits per heavy atom. The molecule has 2 aliphatic heterocycles. The first-order chi connectivity index (χ1) is 18.5. The molecule has 3 aromatic rings. The van der Waals surface area contributed by atoms with E-state index < -0.39 is 40.5 Å². The van der Waals surface area contributed by atoms with Gasteiger partial charge in [-0.25, -0.2) is 0 Å². The van der Waals surface area contributed by atoms with Crippen LogP contribution in [0.15, 0.2) is 44.3 Å². The number of rotatable bonds is 7. The number of amides is 2. The number of nitrogens with one attached hydrogen (secondary N) is 2. The predicted molar refractivity (Wildman–Crippen MR) is 134 cm³/mol.